The van der Waals surface area contributed by atoms with Crippen molar-refractivity contribution >= 4 is 17.8 Å². The number of nitrogens with two attached hydrogens (primary N) is 1. The molecule has 0 unspecified atom stereocenters. The maximum atomic E-state index is 5.80. The minimum absolute atomic E-state index is 0.306. The zero-order chi connectivity index (χ0) is 13.1. The van der Waals surface area contributed by atoms with Gasteiger partial charge in [-0.1, -0.05) is 0 Å². The van der Waals surface area contributed by atoms with Crippen molar-refractivity contribution in [1.82, 2.24) is 15.0 Å². The lowest BCUT2D eigenvalue weighted by atomic mass is 10.5. The highest BCUT2D eigenvalue weighted by Gasteiger charge is 2.30. The Kier molecular flexibility index (Phi) is 3.84. The highest BCUT2D eigenvalue weighted by Crippen LogP contribution is 2.30. The molecule has 0 saturated heterocycles. The van der Waals surface area contributed by atoms with E-state index in [2.05, 4.69) is 45.5 Å². The molecular formula is C12H22N6. The van der Waals surface area contributed by atoms with Crippen molar-refractivity contribution in [2.75, 3.05) is 35.2 Å². The van der Waals surface area contributed by atoms with Gasteiger partial charge >= 0.3 is 0 Å². The van der Waals surface area contributed by atoms with E-state index in [1.807, 2.05) is 0 Å². The molecule has 0 radical (unpaired) electrons. The maximum Gasteiger partial charge on any atom is 0.232 e. The number of anilines is 3. The van der Waals surface area contributed by atoms with Crippen LogP contribution in [0.15, 0.2) is 0 Å². The predicted octanol–water partition coefficient (Wildman–Crippen LogP) is 1.29. The summed E-state index contributed by atoms with van der Waals surface area (Å²) in [4.78, 5) is 17.4. The van der Waals surface area contributed by atoms with Crippen LogP contribution in [0.5, 0.6) is 0 Å². The van der Waals surface area contributed by atoms with E-state index in [-0.39, 0.29) is 0 Å². The van der Waals surface area contributed by atoms with Gasteiger partial charge in [-0.25, -0.2) is 0 Å². The minimum Gasteiger partial charge on any atom is -0.368 e. The third-order valence-electron chi connectivity index (χ3n) is 3.26. The summed E-state index contributed by atoms with van der Waals surface area (Å²) in [5.74, 6) is 1.71. The van der Waals surface area contributed by atoms with Crippen LogP contribution < -0.4 is 15.5 Å². The fourth-order valence-electron chi connectivity index (χ4n) is 2.09. The zero-order valence-electron chi connectivity index (χ0n) is 11.4. The van der Waals surface area contributed by atoms with E-state index in [1.165, 1.54) is 12.8 Å². The molecule has 1 aromatic rings. The van der Waals surface area contributed by atoms with Crippen molar-refractivity contribution in [3.63, 3.8) is 0 Å². The Balaban J connectivity index is 2.30. The van der Waals surface area contributed by atoms with Crippen LogP contribution in [0.3, 0.4) is 0 Å². The molecule has 0 spiro atoms. The van der Waals surface area contributed by atoms with Gasteiger partial charge in [0.05, 0.1) is 0 Å². The number of rotatable bonds is 6. The van der Waals surface area contributed by atoms with Crippen molar-refractivity contribution in [2.45, 2.75) is 39.7 Å². The average Bonchev–Trinajstić information content (AvgIpc) is 3.15. The fraction of sp³-hybridized carbons (Fsp3) is 0.750. The third kappa shape index (κ3) is 2.63. The number of aromatic nitrogens is 3. The molecule has 0 bridgehead atoms. The van der Waals surface area contributed by atoms with Crippen molar-refractivity contribution in [2.24, 2.45) is 0 Å². The average molecular weight is 250 g/mol. The summed E-state index contributed by atoms with van der Waals surface area (Å²) in [6, 6.07) is 0.585. The van der Waals surface area contributed by atoms with Crippen molar-refractivity contribution in [3.8, 4) is 0 Å². The van der Waals surface area contributed by atoms with Gasteiger partial charge in [-0.15, -0.1) is 0 Å². The number of hydrogen-bond acceptors (Lipinski definition) is 6. The number of hydrogen-bond donors (Lipinski definition) is 1. The van der Waals surface area contributed by atoms with Gasteiger partial charge in [-0.3, -0.25) is 0 Å². The van der Waals surface area contributed by atoms with Crippen molar-refractivity contribution in [3.05, 3.63) is 0 Å². The molecule has 6 nitrogen and oxygen atoms in total. The van der Waals surface area contributed by atoms with Gasteiger partial charge in [0.15, 0.2) is 0 Å². The fourth-order valence-corrected chi connectivity index (χ4v) is 2.09. The molecule has 0 aromatic carbocycles. The molecule has 1 aliphatic rings. The summed E-state index contributed by atoms with van der Waals surface area (Å²) in [6.07, 6.45) is 2.44. The third-order valence-corrected chi connectivity index (χ3v) is 3.26. The first-order chi connectivity index (χ1) is 8.69. The van der Waals surface area contributed by atoms with E-state index in [0.29, 0.717) is 17.9 Å². The summed E-state index contributed by atoms with van der Waals surface area (Å²) in [5.41, 5.74) is 5.80. The van der Waals surface area contributed by atoms with E-state index in [1.54, 1.807) is 0 Å². The SMILES string of the molecule is CCN(CC)c1nc(N)nc(N(CC)C2CC2)n1. The van der Waals surface area contributed by atoms with Gasteiger partial charge in [0.1, 0.15) is 0 Å². The second-order valence-corrected chi connectivity index (χ2v) is 4.48. The summed E-state index contributed by atoms with van der Waals surface area (Å²) in [7, 11) is 0. The molecule has 2 rings (SSSR count). The van der Waals surface area contributed by atoms with Crippen molar-refractivity contribution < 1.29 is 0 Å². The van der Waals surface area contributed by atoms with Crippen LogP contribution in [-0.4, -0.2) is 40.6 Å². The zero-order valence-corrected chi connectivity index (χ0v) is 11.4. The predicted molar refractivity (Wildman–Crippen MR) is 73.8 cm³/mol. The number of nitrogens with zero attached hydrogens (tertiary/aromatic N) is 5. The summed E-state index contributed by atoms with van der Waals surface area (Å²) < 4.78 is 0. The normalized spacial score (nSPS) is 14.6. The Morgan fingerprint density at radius 3 is 2.11 bits per heavy atom. The molecule has 1 aliphatic carbocycles. The highest BCUT2D eigenvalue weighted by molar-refractivity contribution is 5.44. The smallest absolute Gasteiger partial charge is 0.232 e. The standard InChI is InChI=1S/C12H22N6/c1-4-17(5-2)11-14-10(13)15-12(16-11)18(6-3)9-7-8-9/h9H,4-8H2,1-3H3,(H2,13,14,15,16). The lowest BCUT2D eigenvalue weighted by Crippen LogP contribution is -2.30. The molecule has 0 aliphatic heterocycles. The van der Waals surface area contributed by atoms with E-state index in [0.717, 1.165) is 25.6 Å². The van der Waals surface area contributed by atoms with E-state index in [9.17, 15) is 0 Å². The Bertz CT molecular complexity index is 400. The van der Waals surface area contributed by atoms with E-state index < -0.39 is 0 Å². The van der Waals surface area contributed by atoms with Gasteiger partial charge in [0.2, 0.25) is 17.8 Å². The molecule has 6 heteroatoms. The first-order valence-electron chi connectivity index (χ1n) is 6.72. The van der Waals surface area contributed by atoms with Crippen LogP contribution in [0.4, 0.5) is 17.8 Å². The molecule has 1 heterocycles. The van der Waals surface area contributed by atoms with Crippen LogP contribution in [-0.2, 0) is 0 Å². The van der Waals surface area contributed by atoms with Crippen LogP contribution in [0.25, 0.3) is 0 Å². The lowest BCUT2D eigenvalue weighted by Gasteiger charge is -2.23. The highest BCUT2D eigenvalue weighted by atomic mass is 15.4. The van der Waals surface area contributed by atoms with Crippen LogP contribution in [0.2, 0.25) is 0 Å². The molecule has 0 amide bonds. The van der Waals surface area contributed by atoms with Crippen LogP contribution in [0.1, 0.15) is 33.6 Å². The summed E-state index contributed by atoms with van der Waals surface area (Å²) >= 11 is 0. The largest absolute Gasteiger partial charge is 0.368 e. The number of nitrogen functional groups attached to an aromatic ring is 1. The second kappa shape index (κ2) is 5.37. The Morgan fingerprint density at radius 1 is 1.00 bits per heavy atom. The first kappa shape index (κ1) is 12.9. The van der Waals surface area contributed by atoms with Gasteiger partial charge in [0.25, 0.3) is 0 Å². The molecule has 2 N–H and O–H groups in total. The Morgan fingerprint density at radius 2 is 1.61 bits per heavy atom. The molecule has 1 saturated carbocycles. The molecule has 1 aromatic heterocycles. The first-order valence-corrected chi connectivity index (χ1v) is 6.72. The monoisotopic (exact) mass is 250 g/mol. The van der Waals surface area contributed by atoms with Gasteiger partial charge < -0.3 is 15.5 Å². The molecule has 0 atom stereocenters. The summed E-state index contributed by atoms with van der Waals surface area (Å²) in [6.45, 7) is 8.94. The quantitative estimate of drug-likeness (QED) is 0.820. The maximum absolute atomic E-state index is 5.80. The molecule has 100 valence electrons. The van der Waals surface area contributed by atoms with Gasteiger partial charge in [0, 0.05) is 25.7 Å². The van der Waals surface area contributed by atoms with E-state index in [4.69, 9.17) is 5.73 Å². The Hall–Kier alpha value is -1.59. The second-order valence-electron chi connectivity index (χ2n) is 4.48. The Labute approximate surface area is 108 Å². The lowest BCUT2D eigenvalue weighted by molar-refractivity contribution is 0.761. The minimum atomic E-state index is 0.306. The van der Waals surface area contributed by atoms with Gasteiger partial charge in [-0.2, -0.15) is 15.0 Å². The topological polar surface area (TPSA) is 71.2 Å². The molecular weight excluding hydrogens is 228 g/mol. The van der Waals surface area contributed by atoms with E-state index >= 15 is 0 Å². The van der Waals surface area contributed by atoms with Crippen molar-refractivity contribution in [1.29, 1.82) is 0 Å². The van der Waals surface area contributed by atoms with Crippen LogP contribution >= 0.6 is 0 Å². The van der Waals surface area contributed by atoms with Crippen LogP contribution in [0, 0.1) is 0 Å². The summed E-state index contributed by atoms with van der Waals surface area (Å²) in [5, 5.41) is 0. The van der Waals surface area contributed by atoms with Gasteiger partial charge in [-0.05, 0) is 33.6 Å². The molecule has 18 heavy (non-hydrogen) atoms. The molecule has 1 fully saturated rings.